The number of hydrogen-bond donors (Lipinski definition) is 1. The van der Waals surface area contributed by atoms with Gasteiger partial charge in [-0.15, -0.1) is 0 Å². The number of nitrogens with one attached hydrogen (secondary N) is 1. The van der Waals surface area contributed by atoms with E-state index >= 15 is 0 Å². The molecule has 108 valence electrons. The van der Waals surface area contributed by atoms with Crippen molar-refractivity contribution >= 4 is 11.6 Å². The van der Waals surface area contributed by atoms with Gasteiger partial charge in [-0.3, -0.25) is 9.67 Å². The fourth-order valence-electron chi connectivity index (χ4n) is 2.35. The Balaban J connectivity index is 1.99. The van der Waals surface area contributed by atoms with Gasteiger partial charge in [-0.05, 0) is 38.9 Å². The minimum Gasteiger partial charge on any atom is -0.317 e. The summed E-state index contributed by atoms with van der Waals surface area (Å²) in [6.07, 6.45) is 4.69. The maximum absolute atomic E-state index is 6.31. The molecule has 0 amide bonds. The molecule has 2 heterocycles. The molecule has 1 N–H and O–H groups in total. The topological polar surface area (TPSA) is 42.7 Å². The van der Waals surface area contributed by atoms with Gasteiger partial charge < -0.3 is 5.32 Å². The molecule has 2 aromatic heterocycles. The van der Waals surface area contributed by atoms with Crippen LogP contribution in [0, 0.1) is 6.92 Å². The van der Waals surface area contributed by atoms with E-state index in [9.17, 15) is 0 Å². The normalized spacial score (nSPS) is 12.6. The van der Waals surface area contributed by atoms with Crippen LogP contribution < -0.4 is 5.32 Å². The van der Waals surface area contributed by atoms with E-state index in [4.69, 9.17) is 11.6 Å². The predicted octanol–water partition coefficient (Wildman–Crippen LogP) is 2.54. The molecular weight excluding hydrogens is 272 g/mol. The SMILES string of the molecule is CNC(CCc1ccccn1)Cc1c(Cl)c(C)nn1C. The quantitative estimate of drug-likeness (QED) is 0.890. The lowest BCUT2D eigenvalue weighted by atomic mass is 10.0. The summed E-state index contributed by atoms with van der Waals surface area (Å²) in [5.74, 6) is 0. The molecule has 0 aliphatic carbocycles. The van der Waals surface area contributed by atoms with Crippen molar-refractivity contribution in [3.8, 4) is 0 Å². The van der Waals surface area contributed by atoms with Crippen LogP contribution in [0.1, 0.15) is 23.5 Å². The lowest BCUT2D eigenvalue weighted by molar-refractivity contribution is 0.501. The molecule has 0 aliphatic heterocycles. The molecule has 2 rings (SSSR count). The number of aromatic nitrogens is 3. The monoisotopic (exact) mass is 292 g/mol. The van der Waals surface area contributed by atoms with Gasteiger partial charge in [0.25, 0.3) is 0 Å². The summed E-state index contributed by atoms with van der Waals surface area (Å²) in [4.78, 5) is 4.36. The second-order valence-electron chi connectivity index (χ2n) is 5.02. The first-order chi connectivity index (χ1) is 9.61. The van der Waals surface area contributed by atoms with Gasteiger partial charge >= 0.3 is 0 Å². The van der Waals surface area contributed by atoms with Gasteiger partial charge in [0.15, 0.2) is 0 Å². The van der Waals surface area contributed by atoms with E-state index in [2.05, 4.69) is 21.5 Å². The Morgan fingerprint density at radius 1 is 1.40 bits per heavy atom. The third-order valence-electron chi connectivity index (χ3n) is 3.58. The van der Waals surface area contributed by atoms with Crippen LogP contribution in [0.4, 0.5) is 0 Å². The molecule has 0 aliphatic rings. The summed E-state index contributed by atoms with van der Waals surface area (Å²) in [5.41, 5.74) is 3.10. The van der Waals surface area contributed by atoms with Gasteiger partial charge in [-0.25, -0.2) is 0 Å². The van der Waals surface area contributed by atoms with E-state index in [0.717, 1.165) is 41.4 Å². The average molecular weight is 293 g/mol. The van der Waals surface area contributed by atoms with Crippen molar-refractivity contribution in [2.45, 2.75) is 32.2 Å². The van der Waals surface area contributed by atoms with E-state index in [1.807, 2.05) is 44.0 Å². The summed E-state index contributed by atoms with van der Waals surface area (Å²) < 4.78 is 1.88. The van der Waals surface area contributed by atoms with Gasteiger partial charge in [0, 0.05) is 31.4 Å². The maximum atomic E-state index is 6.31. The summed E-state index contributed by atoms with van der Waals surface area (Å²) >= 11 is 6.31. The number of nitrogens with zero attached hydrogens (tertiary/aromatic N) is 3. The molecule has 0 spiro atoms. The molecule has 0 bridgehead atoms. The van der Waals surface area contributed by atoms with E-state index in [-0.39, 0.29) is 0 Å². The zero-order chi connectivity index (χ0) is 14.5. The van der Waals surface area contributed by atoms with Gasteiger partial charge in [0.1, 0.15) is 0 Å². The Bertz CT molecular complexity index is 551. The van der Waals surface area contributed by atoms with Gasteiger partial charge in [0.05, 0.1) is 16.4 Å². The minimum absolute atomic E-state index is 0.365. The Hall–Kier alpha value is -1.39. The molecule has 1 unspecified atom stereocenters. The summed E-state index contributed by atoms with van der Waals surface area (Å²) in [7, 11) is 3.93. The third kappa shape index (κ3) is 3.58. The Morgan fingerprint density at radius 3 is 2.75 bits per heavy atom. The van der Waals surface area contributed by atoms with E-state index in [1.165, 1.54) is 0 Å². The van der Waals surface area contributed by atoms with Crippen molar-refractivity contribution in [2.24, 2.45) is 7.05 Å². The van der Waals surface area contributed by atoms with Crippen molar-refractivity contribution in [3.05, 3.63) is 46.5 Å². The Labute approximate surface area is 125 Å². The first-order valence-electron chi connectivity index (χ1n) is 6.87. The Morgan fingerprint density at radius 2 is 2.20 bits per heavy atom. The zero-order valence-corrected chi connectivity index (χ0v) is 13.0. The highest BCUT2D eigenvalue weighted by Gasteiger charge is 2.16. The standard InChI is InChI=1S/C15H21ClN4/c1-11-15(16)14(20(3)19-11)10-13(17-2)8-7-12-6-4-5-9-18-12/h4-6,9,13,17H,7-8,10H2,1-3H3. The van der Waals surface area contributed by atoms with Crippen molar-refractivity contribution in [1.29, 1.82) is 0 Å². The van der Waals surface area contributed by atoms with Crippen molar-refractivity contribution < 1.29 is 0 Å². The molecule has 20 heavy (non-hydrogen) atoms. The molecule has 0 saturated heterocycles. The van der Waals surface area contributed by atoms with Crippen LogP contribution in [0.5, 0.6) is 0 Å². The second-order valence-corrected chi connectivity index (χ2v) is 5.40. The number of halogens is 1. The third-order valence-corrected chi connectivity index (χ3v) is 4.08. The molecule has 5 heteroatoms. The molecule has 1 atom stereocenters. The highest BCUT2D eigenvalue weighted by molar-refractivity contribution is 6.31. The second kappa shape index (κ2) is 6.86. The summed E-state index contributed by atoms with van der Waals surface area (Å²) in [6.45, 7) is 1.94. The van der Waals surface area contributed by atoms with Crippen molar-refractivity contribution in [1.82, 2.24) is 20.1 Å². The van der Waals surface area contributed by atoms with E-state index in [1.54, 1.807) is 0 Å². The van der Waals surface area contributed by atoms with Crippen molar-refractivity contribution in [2.75, 3.05) is 7.05 Å². The molecule has 4 nitrogen and oxygen atoms in total. The predicted molar refractivity (Wildman–Crippen MR) is 82.1 cm³/mol. The maximum Gasteiger partial charge on any atom is 0.0847 e. The summed E-state index contributed by atoms with van der Waals surface area (Å²) in [6, 6.07) is 6.40. The number of aryl methyl sites for hydroxylation is 3. The van der Waals surface area contributed by atoms with Crippen LogP contribution in [0.2, 0.25) is 5.02 Å². The molecule has 2 aromatic rings. The fourth-order valence-corrected chi connectivity index (χ4v) is 2.59. The molecule has 0 saturated carbocycles. The molecule has 0 aromatic carbocycles. The highest BCUT2D eigenvalue weighted by atomic mass is 35.5. The largest absolute Gasteiger partial charge is 0.317 e. The van der Waals surface area contributed by atoms with Gasteiger partial charge in [0.2, 0.25) is 0 Å². The number of pyridine rings is 1. The van der Waals surface area contributed by atoms with Gasteiger partial charge in [-0.2, -0.15) is 5.10 Å². The van der Waals surface area contributed by atoms with Crippen molar-refractivity contribution in [3.63, 3.8) is 0 Å². The number of rotatable bonds is 6. The van der Waals surface area contributed by atoms with Crippen LogP contribution in [0.25, 0.3) is 0 Å². The fraction of sp³-hybridized carbons (Fsp3) is 0.467. The smallest absolute Gasteiger partial charge is 0.0847 e. The van der Waals surface area contributed by atoms with Crippen LogP contribution in [0.15, 0.2) is 24.4 Å². The molecular formula is C15H21ClN4. The lowest BCUT2D eigenvalue weighted by Crippen LogP contribution is -2.29. The van der Waals surface area contributed by atoms with E-state index in [0.29, 0.717) is 6.04 Å². The van der Waals surface area contributed by atoms with E-state index < -0.39 is 0 Å². The molecule has 0 fully saturated rings. The Kier molecular flexibility index (Phi) is 5.15. The zero-order valence-electron chi connectivity index (χ0n) is 12.2. The number of hydrogen-bond acceptors (Lipinski definition) is 3. The first-order valence-corrected chi connectivity index (χ1v) is 7.24. The first kappa shape index (κ1) is 15.0. The minimum atomic E-state index is 0.365. The molecule has 0 radical (unpaired) electrons. The lowest BCUT2D eigenvalue weighted by Gasteiger charge is -2.16. The van der Waals surface area contributed by atoms with Gasteiger partial charge in [-0.1, -0.05) is 17.7 Å². The van der Waals surface area contributed by atoms with Crippen LogP contribution in [0.3, 0.4) is 0 Å². The highest BCUT2D eigenvalue weighted by Crippen LogP contribution is 2.21. The average Bonchev–Trinajstić information content (AvgIpc) is 2.70. The van der Waals surface area contributed by atoms with Crippen LogP contribution >= 0.6 is 11.6 Å². The number of likely N-dealkylation sites (N-methyl/N-ethyl adjacent to an activating group) is 1. The summed E-state index contributed by atoms with van der Waals surface area (Å²) in [5, 5.41) is 8.50. The van der Waals surface area contributed by atoms with Crippen LogP contribution in [-0.4, -0.2) is 27.9 Å². The van der Waals surface area contributed by atoms with Crippen LogP contribution in [-0.2, 0) is 19.9 Å².